The first-order valence-electron chi connectivity index (χ1n) is 6.02. The Bertz CT molecular complexity index is 616. The molecule has 0 amide bonds. The minimum absolute atomic E-state index is 0.0177. The van der Waals surface area contributed by atoms with Crippen molar-refractivity contribution in [2.45, 2.75) is 6.04 Å². The van der Waals surface area contributed by atoms with Crippen LogP contribution in [0.25, 0.3) is 0 Å². The number of ether oxygens (including phenoxy) is 1. The Hall–Kier alpha value is -0.930. The fourth-order valence-corrected chi connectivity index (χ4v) is 2.57. The molecule has 0 heterocycles. The Morgan fingerprint density at radius 1 is 0.900 bits per heavy atom. The number of hydrogen-bond donors (Lipinski definition) is 1. The molecule has 0 aromatic heterocycles. The molecule has 1 N–H and O–H groups in total. The van der Waals surface area contributed by atoms with Crippen LogP contribution in [0.15, 0.2) is 36.4 Å². The normalized spacial score (nSPS) is 12.2. The molecule has 0 saturated heterocycles. The quantitative estimate of drug-likeness (QED) is 0.855. The van der Waals surface area contributed by atoms with Crippen molar-refractivity contribution < 1.29 is 4.74 Å². The Morgan fingerprint density at radius 2 is 1.50 bits per heavy atom. The van der Waals surface area contributed by atoms with Crippen molar-refractivity contribution in [2.24, 2.45) is 0 Å². The van der Waals surface area contributed by atoms with Crippen LogP contribution in [-0.2, 0) is 0 Å². The largest absolute Gasteiger partial charge is 0.495 e. The van der Waals surface area contributed by atoms with E-state index in [-0.39, 0.29) is 6.04 Å². The molecule has 2 nitrogen and oxygen atoms in total. The number of nitrogens with one attached hydrogen (secondary N) is 1. The van der Waals surface area contributed by atoms with Gasteiger partial charge in [-0.15, -0.1) is 0 Å². The summed E-state index contributed by atoms with van der Waals surface area (Å²) in [5.41, 5.74) is 2.05. The van der Waals surface area contributed by atoms with Gasteiger partial charge in [0.15, 0.2) is 0 Å². The van der Waals surface area contributed by atoms with E-state index in [9.17, 15) is 0 Å². The van der Waals surface area contributed by atoms with Crippen LogP contribution >= 0.6 is 34.8 Å². The molecule has 1 unspecified atom stereocenters. The van der Waals surface area contributed by atoms with Gasteiger partial charge in [0, 0.05) is 0 Å². The molecule has 106 valence electrons. The summed E-state index contributed by atoms with van der Waals surface area (Å²) in [4.78, 5) is 0. The summed E-state index contributed by atoms with van der Waals surface area (Å²) >= 11 is 18.1. The van der Waals surface area contributed by atoms with E-state index in [0.717, 1.165) is 11.1 Å². The van der Waals surface area contributed by atoms with Gasteiger partial charge in [0.05, 0.1) is 28.2 Å². The summed E-state index contributed by atoms with van der Waals surface area (Å²) in [5.74, 6) is 0.643. The highest BCUT2D eigenvalue weighted by atomic mass is 35.5. The van der Waals surface area contributed by atoms with Gasteiger partial charge in [-0.05, 0) is 42.4 Å². The lowest BCUT2D eigenvalue weighted by Crippen LogP contribution is -2.17. The lowest BCUT2D eigenvalue weighted by molar-refractivity contribution is 0.414. The molecule has 0 aliphatic heterocycles. The van der Waals surface area contributed by atoms with Crippen LogP contribution in [0.3, 0.4) is 0 Å². The van der Waals surface area contributed by atoms with Gasteiger partial charge in [0.2, 0.25) is 0 Å². The third-order valence-electron chi connectivity index (χ3n) is 3.07. The molecule has 20 heavy (non-hydrogen) atoms. The van der Waals surface area contributed by atoms with Crippen LogP contribution in [0.1, 0.15) is 17.2 Å². The summed E-state index contributed by atoms with van der Waals surface area (Å²) in [6, 6.07) is 11.2. The highest BCUT2D eigenvalue weighted by Gasteiger charge is 2.15. The van der Waals surface area contributed by atoms with E-state index in [1.165, 1.54) is 0 Å². The zero-order chi connectivity index (χ0) is 14.7. The predicted molar refractivity (Wildman–Crippen MR) is 85.4 cm³/mol. The van der Waals surface area contributed by atoms with E-state index >= 15 is 0 Å². The monoisotopic (exact) mass is 329 g/mol. The fraction of sp³-hybridized carbons (Fsp3) is 0.200. The third-order valence-corrected chi connectivity index (χ3v) is 4.13. The van der Waals surface area contributed by atoms with E-state index in [1.807, 2.05) is 37.4 Å². The van der Waals surface area contributed by atoms with Crippen LogP contribution in [0.2, 0.25) is 15.1 Å². The van der Waals surface area contributed by atoms with Gasteiger partial charge in [-0.2, -0.15) is 0 Å². The zero-order valence-corrected chi connectivity index (χ0v) is 13.4. The maximum atomic E-state index is 6.08. The van der Waals surface area contributed by atoms with Crippen molar-refractivity contribution in [2.75, 3.05) is 14.2 Å². The van der Waals surface area contributed by atoms with Crippen LogP contribution in [0.4, 0.5) is 0 Å². The van der Waals surface area contributed by atoms with Gasteiger partial charge in [0.25, 0.3) is 0 Å². The van der Waals surface area contributed by atoms with Gasteiger partial charge in [-0.3, -0.25) is 0 Å². The number of methoxy groups -OCH3 is 1. The van der Waals surface area contributed by atoms with Crippen molar-refractivity contribution in [1.82, 2.24) is 5.32 Å². The first kappa shape index (κ1) is 15.5. The molecule has 0 bridgehead atoms. The van der Waals surface area contributed by atoms with Gasteiger partial charge >= 0.3 is 0 Å². The SMILES string of the molecule is CNC(c1ccc(Cl)c(Cl)c1)c1ccc(Cl)c(OC)c1. The van der Waals surface area contributed by atoms with Crippen LogP contribution in [-0.4, -0.2) is 14.2 Å². The Labute approximate surface area is 133 Å². The van der Waals surface area contributed by atoms with E-state index < -0.39 is 0 Å². The van der Waals surface area contributed by atoms with Crippen LogP contribution in [0.5, 0.6) is 5.75 Å². The Morgan fingerprint density at radius 3 is 2.05 bits per heavy atom. The first-order chi connectivity index (χ1) is 9.56. The highest BCUT2D eigenvalue weighted by molar-refractivity contribution is 6.42. The molecular formula is C15H14Cl3NO. The molecular weight excluding hydrogens is 317 g/mol. The number of halogens is 3. The van der Waals surface area contributed by atoms with E-state index in [0.29, 0.717) is 20.8 Å². The molecule has 1 atom stereocenters. The van der Waals surface area contributed by atoms with Crippen LogP contribution in [0, 0.1) is 0 Å². The second-order valence-corrected chi connectivity index (χ2v) is 5.51. The average Bonchev–Trinajstić information content (AvgIpc) is 2.45. The topological polar surface area (TPSA) is 21.3 Å². The van der Waals surface area contributed by atoms with Gasteiger partial charge in [-0.25, -0.2) is 0 Å². The second kappa shape index (κ2) is 6.68. The molecule has 5 heteroatoms. The lowest BCUT2D eigenvalue weighted by Gasteiger charge is -2.19. The van der Waals surface area contributed by atoms with Crippen molar-refractivity contribution in [3.8, 4) is 5.75 Å². The zero-order valence-electron chi connectivity index (χ0n) is 11.1. The van der Waals surface area contributed by atoms with Gasteiger partial charge < -0.3 is 10.1 Å². The van der Waals surface area contributed by atoms with E-state index in [4.69, 9.17) is 39.5 Å². The summed E-state index contributed by atoms with van der Waals surface area (Å²) in [6.07, 6.45) is 0. The van der Waals surface area contributed by atoms with Gasteiger partial charge in [-0.1, -0.05) is 46.9 Å². The summed E-state index contributed by atoms with van der Waals surface area (Å²) in [6.45, 7) is 0. The predicted octanol–water partition coefficient (Wildman–Crippen LogP) is 4.96. The number of hydrogen-bond acceptors (Lipinski definition) is 2. The van der Waals surface area contributed by atoms with Crippen molar-refractivity contribution in [3.05, 3.63) is 62.6 Å². The minimum Gasteiger partial charge on any atom is -0.495 e. The molecule has 2 aromatic rings. The molecule has 2 aromatic carbocycles. The Balaban J connectivity index is 2.43. The fourth-order valence-electron chi connectivity index (χ4n) is 2.07. The second-order valence-electron chi connectivity index (χ2n) is 4.29. The molecule has 0 saturated carbocycles. The Kier molecular flexibility index (Phi) is 5.17. The molecule has 0 aliphatic rings. The van der Waals surface area contributed by atoms with E-state index in [2.05, 4.69) is 5.32 Å². The third kappa shape index (κ3) is 3.21. The smallest absolute Gasteiger partial charge is 0.137 e. The van der Waals surface area contributed by atoms with Crippen molar-refractivity contribution >= 4 is 34.8 Å². The van der Waals surface area contributed by atoms with E-state index in [1.54, 1.807) is 13.2 Å². The van der Waals surface area contributed by atoms with Crippen molar-refractivity contribution in [1.29, 1.82) is 0 Å². The molecule has 0 spiro atoms. The first-order valence-corrected chi connectivity index (χ1v) is 7.16. The summed E-state index contributed by atoms with van der Waals surface area (Å²) in [5, 5.41) is 4.91. The maximum absolute atomic E-state index is 6.08. The average molecular weight is 331 g/mol. The molecule has 2 rings (SSSR count). The van der Waals surface area contributed by atoms with Crippen molar-refractivity contribution in [3.63, 3.8) is 0 Å². The standard InChI is InChI=1S/C15H14Cl3NO/c1-19-15(9-3-5-11(16)13(18)7-9)10-4-6-12(17)14(8-10)20-2/h3-8,15,19H,1-2H3. The summed E-state index contributed by atoms with van der Waals surface area (Å²) in [7, 11) is 3.48. The summed E-state index contributed by atoms with van der Waals surface area (Å²) < 4.78 is 5.25. The highest BCUT2D eigenvalue weighted by Crippen LogP contribution is 2.32. The van der Waals surface area contributed by atoms with Gasteiger partial charge in [0.1, 0.15) is 5.75 Å². The molecule has 0 radical (unpaired) electrons. The maximum Gasteiger partial charge on any atom is 0.137 e. The van der Waals surface area contributed by atoms with Crippen LogP contribution < -0.4 is 10.1 Å². The lowest BCUT2D eigenvalue weighted by atomic mass is 9.98. The number of rotatable bonds is 4. The number of benzene rings is 2. The minimum atomic E-state index is -0.0177. The molecule has 0 aliphatic carbocycles. The molecule has 0 fully saturated rings.